The van der Waals surface area contributed by atoms with Gasteiger partial charge in [-0.25, -0.2) is 9.89 Å². The lowest BCUT2D eigenvalue weighted by Crippen LogP contribution is -2.42. The van der Waals surface area contributed by atoms with Crippen LogP contribution in [0.5, 0.6) is 5.75 Å². The monoisotopic (exact) mass is 640 g/mol. The molecule has 0 unspecified atom stereocenters. The molecule has 3 aromatic rings. The zero-order valence-corrected chi connectivity index (χ0v) is 21.1. The lowest BCUT2D eigenvalue weighted by molar-refractivity contribution is -0.143. The highest BCUT2D eigenvalue weighted by Crippen LogP contribution is 2.39. The highest BCUT2D eigenvalue weighted by atomic mass is 125. The molecule has 2 atom stereocenters. The predicted octanol–water partition coefficient (Wildman–Crippen LogP) is 5.37. The first kappa shape index (κ1) is 27.4. The minimum absolute atomic E-state index is 0.0597. The molecule has 1 aromatic heterocycles. The molecule has 0 aliphatic carbocycles. The number of H-pyrrole nitrogens is 2. The number of aromatic hydroxyl groups is 1. The van der Waals surface area contributed by atoms with Gasteiger partial charge in [0.25, 0.3) is 0 Å². The molecule has 2 aromatic carbocycles. The molecule has 14 heteroatoms. The van der Waals surface area contributed by atoms with Crippen LogP contribution in [0.4, 0.5) is 26.3 Å². The van der Waals surface area contributed by atoms with Crippen LogP contribution in [0.25, 0.3) is 0 Å². The van der Waals surface area contributed by atoms with Crippen molar-refractivity contribution in [2.24, 2.45) is 0 Å². The van der Waals surface area contributed by atoms with Crippen molar-refractivity contribution in [1.29, 1.82) is 0 Å². The first-order valence-electron chi connectivity index (χ1n) is 11.1. The van der Waals surface area contributed by atoms with Crippen LogP contribution in [0.3, 0.4) is 0 Å². The number of aromatic amines is 2. The molecule has 1 fully saturated rings. The van der Waals surface area contributed by atoms with Crippen LogP contribution >= 0.6 is 22.6 Å². The summed E-state index contributed by atoms with van der Waals surface area (Å²) in [5.74, 6) is 0.418. The van der Waals surface area contributed by atoms with Crippen molar-refractivity contribution in [3.8, 4) is 5.75 Å². The van der Waals surface area contributed by atoms with E-state index in [4.69, 9.17) is 4.74 Å². The molecule has 3 N–H and O–H groups in total. The molecule has 0 saturated carbocycles. The Balaban J connectivity index is 1.64. The minimum atomic E-state index is -4.95. The van der Waals surface area contributed by atoms with E-state index in [1.165, 1.54) is 6.07 Å². The maximum absolute atomic E-state index is 13.3. The van der Waals surface area contributed by atoms with E-state index in [-0.39, 0.29) is 23.9 Å². The van der Waals surface area contributed by atoms with Crippen LogP contribution in [-0.2, 0) is 30.2 Å². The number of phenols is 1. The first-order valence-corrected chi connectivity index (χ1v) is 12.1. The number of piperidine rings is 1. The van der Waals surface area contributed by atoms with Crippen LogP contribution in [0, 0.1) is 3.57 Å². The summed E-state index contributed by atoms with van der Waals surface area (Å²) in [4.78, 5) is 17.3. The normalized spacial score (nSPS) is 19.3. The molecular weight excluding hydrogens is 619 g/mol. The number of aromatic nitrogens is 3. The summed E-state index contributed by atoms with van der Waals surface area (Å²) in [5, 5.41) is 15.0. The Bertz CT molecular complexity index is 1270. The van der Waals surface area contributed by atoms with Gasteiger partial charge in [-0.3, -0.25) is 10.00 Å². The van der Waals surface area contributed by atoms with E-state index in [2.05, 4.69) is 15.2 Å². The third kappa shape index (κ3) is 6.65. The van der Waals surface area contributed by atoms with Gasteiger partial charge in [0.05, 0.1) is 40.0 Å². The van der Waals surface area contributed by atoms with Crippen molar-refractivity contribution in [3.05, 3.63) is 78.5 Å². The number of alkyl halides is 6. The quantitative estimate of drug-likeness (QED) is 0.249. The van der Waals surface area contributed by atoms with Crippen LogP contribution in [0.1, 0.15) is 47.0 Å². The summed E-state index contributed by atoms with van der Waals surface area (Å²) in [5.41, 5.74) is -2.89. The Kier molecular flexibility index (Phi) is 7.90. The van der Waals surface area contributed by atoms with Crippen molar-refractivity contribution >= 4 is 22.6 Å². The van der Waals surface area contributed by atoms with Crippen molar-refractivity contribution in [2.75, 3.05) is 6.54 Å². The van der Waals surface area contributed by atoms with E-state index in [1.54, 1.807) is 12.1 Å². The SMILES string of the molecule is O=c1nc(CN2CCC[C@@H](OCc3cc(C(F)(F)F)cc(C(F)(F)F)c3)[C@H]2c2ccc(O)c([125I])c2)[nH][nH]1. The van der Waals surface area contributed by atoms with Gasteiger partial charge in [-0.05, 0) is 83.4 Å². The van der Waals surface area contributed by atoms with E-state index < -0.39 is 47.9 Å². The van der Waals surface area contributed by atoms with E-state index in [9.17, 15) is 36.2 Å². The van der Waals surface area contributed by atoms with E-state index in [1.807, 2.05) is 27.5 Å². The van der Waals surface area contributed by atoms with E-state index >= 15 is 0 Å². The van der Waals surface area contributed by atoms with Crippen LogP contribution in [-0.4, -0.2) is 37.8 Å². The standard InChI is InChI=1S/C23H21F6IN4O3/c24-22(25,26)14-6-12(7-15(9-14)23(27,28)29)11-37-18-2-1-5-34(10-19-31-21(36)33-32-19)20(18)13-3-4-17(35)16(30)8-13/h3-4,6-9,18,20,35H,1-2,5,10-11H2,(H2,31,32,33,36)/t18-,20-/m1/s1/i30-2. The highest BCUT2D eigenvalue weighted by Gasteiger charge is 2.38. The largest absolute Gasteiger partial charge is 0.507 e. The van der Waals surface area contributed by atoms with Gasteiger partial charge in [0.15, 0.2) is 0 Å². The molecular formula is C23H21F6IN4O3. The Morgan fingerprint density at radius 3 is 2.30 bits per heavy atom. The molecule has 1 aliphatic rings. The summed E-state index contributed by atoms with van der Waals surface area (Å²) in [6.45, 7) is 0.303. The third-order valence-electron chi connectivity index (χ3n) is 6.01. The fourth-order valence-corrected chi connectivity index (χ4v) is 4.93. The fraction of sp³-hybridized carbons (Fsp3) is 0.391. The van der Waals surface area contributed by atoms with Crippen LogP contribution < -0.4 is 5.69 Å². The Hall–Kier alpha value is -2.59. The topological polar surface area (TPSA) is 94.2 Å². The number of rotatable bonds is 6. The van der Waals surface area contributed by atoms with Crippen LogP contribution in [0.2, 0.25) is 0 Å². The van der Waals surface area contributed by atoms with Crippen molar-refractivity contribution < 1.29 is 36.2 Å². The summed E-state index contributed by atoms with van der Waals surface area (Å²) >= 11 is 1.95. The summed E-state index contributed by atoms with van der Waals surface area (Å²) < 4.78 is 86.2. The minimum Gasteiger partial charge on any atom is -0.507 e. The molecule has 1 aliphatic heterocycles. The van der Waals surface area contributed by atoms with E-state index in [0.29, 0.717) is 40.9 Å². The van der Waals surface area contributed by atoms with Gasteiger partial charge >= 0.3 is 18.0 Å². The number of hydrogen-bond acceptors (Lipinski definition) is 5. The van der Waals surface area contributed by atoms with Crippen LogP contribution in [0.15, 0.2) is 41.2 Å². The second kappa shape index (κ2) is 10.6. The maximum Gasteiger partial charge on any atom is 0.416 e. The van der Waals surface area contributed by atoms with Crippen molar-refractivity contribution in [2.45, 2.75) is 50.5 Å². The second-order valence-electron chi connectivity index (χ2n) is 8.65. The number of hydrogen-bond donors (Lipinski definition) is 3. The number of phenolic OH excluding ortho intramolecular Hbond substituents is 1. The summed E-state index contributed by atoms with van der Waals surface area (Å²) in [6, 6.07) is 5.82. The number of likely N-dealkylation sites (tertiary alicyclic amines) is 1. The Morgan fingerprint density at radius 2 is 1.73 bits per heavy atom. The number of ether oxygens (including phenoxy) is 1. The first-order chi connectivity index (χ1) is 17.3. The molecule has 200 valence electrons. The summed E-state index contributed by atoms with van der Waals surface area (Å²) in [6.07, 6.45) is -9.40. The molecule has 0 amide bonds. The average molecular weight is 640 g/mol. The zero-order chi connectivity index (χ0) is 27.0. The van der Waals surface area contributed by atoms with Gasteiger partial charge in [0.2, 0.25) is 0 Å². The lowest BCUT2D eigenvalue weighted by Gasteiger charge is -2.41. The van der Waals surface area contributed by atoms with Crippen molar-refractivity contribution in [1.82, 2.24) is 20.1 Å². The summed E-state index contributed by atoms with van der Waals surface area (Å²) in [7, 11) is 0. The van der Waals surface area contributed by atoms with Gasteiger partial charge in [-0.1, -0.05) is 6.07 Å². The number of nitrogens with zero attached hydrogens (tertiary/aromatic N) is 2. The van der Waals surface area contributed by atoms with Crippen molar-refractivity contribution in [3.63, 3.8) is 0 Å². The van der Waals surface area contributed by atoms with Gasteiger partial charge in [0.1, 0.15) is 11.6 Å². The predicted molar refractivity (Wildman–Crippen MR) is 127 cm³/mol. The second-order valence-corrected chi connectivity index (χ2v) is 9.81. The maximum atomic E-state index is 13.3. The molecule has 0 spiro atoms. The zero-order valence-electron chi connectivity index (χ0n) is 19.0. The molecule has 4 rings (SSSR count). The smallest absolute Gasteiger partial charge is 0.416 e. The van der Waals surface area contributed by atoms with Gasteiger partial charge < -0.3 is 9.84 Å². The Morgan fingerprint density at radius 1 is 1.05 bits per heavy atom. The number of nitrogens with one attached hydrogen (secondary N) is 2. The lowest BCUT2D eigenvalue weighted by atomic mass is 9.92. The van der Waals surface area contributed by atoms with Gasteiger partial charge in [0, 0.05) is 0 Å². The molecule has 2 heterocycles. The fourth-order valence-electron chi connectivity index (χ4n) is 4.39. The molecule has 7 nitrogen and oxygen atoms in total. The average Bonchev–Trinajstić information content (AvgIpc) is 3.23. The van der Waals surface area contributed by atoms with E-state index in [0.717, 1.165) is 5.56 Å². The molecule has 37 heavy (non-hydrogen) atoms. The number of halogens is 7. The Labute approximate surface area is 220 Å². The number of benzene rings is 2. The third-order valence-corrected chi connectivity index (χ3v) is 6.87. The molecule has 1 saturated heterocycles. The van der Waals surface area contributed by atoms with Gasteiger partial charge in [-0.15, -0.1) is 0 Å². The highest BCUT2D eigenvalue weighted by molar-refractivity contribution is 14.1. The molecule has 0 bridgehead atoms. The van der Waals surface area contributed by atoms with Gasteiger partial charge in [-0.2, -0.15) is 31.3 Å². The molecule has 0 radical (unpaired) electrons.